The predicted octanol–water partition coefficient (Wildman–Crippen LogP) is 2.00. The minimum absolute atomic E-state index is 0.228. The van der Waals surface area contributed by atoms with Gasteiger partial charge in [-0.05, 0) is 5.56 Å². The molecule has 0 unspecified atom stereocenters. The maximum absolute atomic E-state index is 13.2. The van der Waals surface area contributed by atoms with Gasteiger partial charge in [-0.2, -0.15) is 0 Å². The second-order valence-corrected chi connectivity index (χ2v) is 6.95. The van der Waals surface area contributed by atoms with Crippen molar-refractivity contribution in [1.82, 2.24) is 19.4 Å². The number of carbonyl (C=O) groups excluding carboxylic acids is 1. The average Bonchev–Trinajstić information content (AvgIpc) is 2.93. The molecule has 4 rings (SSSR count). The van der Waals surface area contributed by atoms with Gasteiger partial charge >= 0.3 is 0 Å². The molecule has 2 aromatic rings. The van der Waals surface area contributed by atoms with E-state index in [0.717, 1.165) is 17.0 Å². The summed E-state index contributed by atoms with van der Waals surface area (Å²) < 4.78 is 28.2. The molecule has 7 heteroatoms. The lowest BCUT2D eigenvalue weighted by atomic mass is 9.94. The summed E-state index contributed by atoms with van der Waals surface area (Å²) in [6.07, 6.45) is 1.70. The number of aryl methyl sites for hydroxylation is 1. The SMILES string of the molecule is Cn1cnc2c1[C@@H](C(=O)N1CC(F)(F)C1)CN(Cc1ccccc1)C2. The molecule has 25 heavy (non-hydrogen) atoms. The van der Waals surface area contributed by atoms with Crippen molar-refractivity contribution in [3.8, 4) is 0 Å². The molecule has 1 amide bonds. The maximum atomic E-state index is 13.2. The van der Waals surface area contributed by atoms with Crippen LogP contribution in [0.1, 0.15) is 22.9 Å². The van der Waals surface area contributed by atoms with Crippen LogP contribution in [0.4, 0.5) is 8.78 Å². The Morgan fingerprint density at radius 2 is 2.00 bits per heavy atom. The number of halogens is 2. The Kier molecular flexibility index (Phi) is 3.83. The molecular formula is C18H20F2N4O. The number of fused-ring (bicyclic) bond motifs is 1. The molecule has 1 aromatic heterocycles. The van der Waals surface area contributed by atoms with Gasteiger partial charge in [0.15, 0.2) is 0 Å². The second-order valence-electron chi connectivity index (χ2n) is 6.95. The summed E-state index contributed by atoms with van der Waals surface area (Å²) in [4.78, 5) is 20.6. The van der Waals surface area contributed by atoms with Gasteiger partial charge in [-0.25, -0.2) is 13.8 Å². The van der Waals surface area contributed by atoms with E-state index in [0.29, 0.717) is 19.6 Å². The topological polar surface area (TPSA) is 41.4 Å². The third kappa shape index (κ3) is 3.04. The van der Waals surface area contributed by atoms with E-state index < -0.39 is 24.9 Å². The van der Waals surface area contributed by atoms with E-state index >= 15 is 0 Å². The van der Waals surface area contributed by atoms with Crippen molar-refractivity contribution >= 4 is 5.91 Å². The van der Waals surface area contributed by atoms with Crippen molar-refractivity contribution in [2.24, 2.45) is 7.05 Å². The van der Waals surface area contributed by atoms with Crippen molar-refractivity contribution in [3.63, 3.8) is 0 Å². The van der Waals surface area contributed by atoms with Crippen LogP contribution in [0.25, 0.3) is 0 Å². The van der Waals surface area contributed by atoms with E-state index in [1.807, 2.05) is 41.9 Å². The molecule has 2 aliphatic rings. The van der Waals surface area contributed by atoms with Gasteiger partial charge in [0.25, 0.3) is 5.92 Å². The molecule has 0 radical (unpaired) electrons. The third-order valence-electron chi connectivity index (χ3n) is 4.91. The van der Waals surface area contributed by atoms with Crippen molar-refractivity contribution in [2.75, 3.05) is 19.6 Å². The Hall–Kier alpha value is -2.28. The Bertz CT molecular complexity index is 782. The van der Waals surface area contributed by atoms with E-state index in [1.54, 1.807) is 6.33 Å². The van der Waals surface area contributed by atoms with Crippen LogP contribution < -0.4 is 0 Å². The fraction of sp³-hybridized carbons (Fsp3) is 0.444. The first-order chi connectivity index (χ1) is 11.9. The molecular weight excluding hydrogens is 326 g/mol. The standard InChI is InChI=1S/C18H20F2N4O/c1-22-12-21-15-9-23(7-13-5-3-2-4-6-13)8-14(16(15)22)17(25)24-10-18(19,20)11-24/h2-6,12,14H,7-11H2,1H3/t14-/m0/s1. The largest absolute Gasteiger partial charge is 0.337 e. The van der Waals surface area contributed by atoms with Crippen LogP contribution in [0.2, 0.25) is 0 Å². The number of imidazole rings is 1. The highest BCUT2D eigenvalue weighted by Crippen LogP contribution is 2.34. The zero-order chi connectivity index (χ0) is 17.6. The molecule has 2 aliphatic heterocycles. The number of carbonyl (C=O) groups is 1. The van der Waals surface area contributed by atoms with Gasteiger partial charge in [0.05, 0.1) is 36.7 Å². The summed E-state index contributed by atoms with van der Waals surface area (Å²) in [7, 11) is 1.85. The highest BCUT2D eigenvalue weighted by Gasteiger charge is 2.49. The van der Waals surface area contributed by atoms with Gasteiger partial charge in [0, 0.05) is 26.7 Å². The smallest absolute Gasteiger partial charge is 0.282 e. The number of benzene rings is 1. The van der Waals surface area contributed by atoms with Crippen LogP contribution in [-0.4, -0.2) is 50.8 Å². The van der Waals surface area contributed by atoms with Gasteiger partial charge in [-0.3, -0.25) is 9.69 Å². The maximum Gasteiger partial charge on any atom is 0.282 e. The van der Waals surface area contributed by atoms with Gasteiger partial charge in [0.1, 0.15) is 0 Å². The van der Waals surface area contributed by atoms with Gasteiger partial charge in [0.2, 0.25) is 5.91 Å². The van der Waals surface area contributed by atoms with Crippen LogP contribution in [0.15, 0.2) is 36.7 Å². The molecule has 5 nitrogen and oxygen atoms in total. The highest BCUT2D eigenvalue weighted by molar-refractivity contribution is 5.85. The number of nitrogens with zero attached hydrogens (tertiary/aromatic N) is 4. The van der Waals surface area contributed by atoms with Gasteiger partial charge < -0.3 is 9.47 Å². The fourth-order valence-corrected chi connectivity index (χ4v) is 3.72. The molecule has 1 aromatic carbocycles. The lowest BCUT2D eigenvalue weighted by Crippen LogP contribution is -2.60. The normalized spacial score (nSPS) is 22.4. The van der Waals surface area contributed by atoms with Crippen LogP contribution in [0, 0.1) is 0 Å². The molecule has 1 atom stereocenters. The molecule has 0 bridgehead atoms. The van der Waals surface area contributed by atoms with Crippen molar-refractivity contribution < 1.29 is 13.6 Å². The summed E-state index contributed by atoms with van der Waals surface area (Å²) in [5.41, 5.74) is 2.86. The number of amides is 1. The van der Waals surface area contributed by atoms with E-state index in [4.69, 9.17) is 0 Å². The molecule has 0 N–H and O–H groups in total. The minimum atomic E-state index is -2.75. The Morgan fingerprint density at radius 1 is 1.28 bits per heavy atom. The molecule has 132 valence electrons. The van der Waals surface area contributed by atoms with Crippen LogP contribution >= 0.6 is 0 Å². The number of hydrogen-bond donors (Lipinski definition) is 0. The van der Waals surface area contributed by atoms with Crippen LogP contribution in [0.3, 0.4) is 0 Å². The number of likely N-dealkylation sites (tertiary alicyclic amines) is 1. The molecule has 3 heterocycles. The van der Waals surface area contributed by atoms with E-state index in [2.05, 4.69) is 9.88 Å². The summed E-state index contributed by atoms with van der Waals surface area (Å²) in [5, 5.41) is 0. The van der Waals surface area contributed by atoms with Gasteiger partial charge in [-0.1, -0.05) is 30.3 Å². The molecule has 0 aliphatic carbocycles. The first-order valence-corrected chi connectivity index (χ1v) is 8.36. The quantitative estimate of drug-likeness (QED) is 0.854. The number of aromatic nitrogens is 2. The predicted molar refractivity (Wildman–Crippen MR) is 88.0 cm³/mol. The lowest BCUT2D eigenvalue weighted by Gasteiger charge is -2.42. The second kappa shape index (κ2) is 5.91. The highest BCUT2D eigenvalue weighted by atomic mass is 19.3. The van der Waals surface area contributed by atoms with E-state index in [1.165, 1.54) is 4.90 Å². The fourth-order valence-electron chi connectivity index (χ4n) is 3.72. The van der Waals surface area contributed by atoms with Crippen LogP contribution in [0.5, 0.6) is 0 Å². The van der Waals surface area contributed by atoms with Crippen molar-refractivity contribution in [1.29, 1.82) is 0 Å². The summed E-state index contributed by atoms with van der Waals surface area (Å²) in [6, 6.07) is 10.0. The Morgan fingerprint density at radius 3 is 2.68 bits per heavy atom. The average molecular weight is 346 g/mol. The molecule has 0 spiro atoms. The molecule has 0 saturated carbocycles. The lowest BCUT2D eigenvalue weighted by molar-refractivity contribution is -0.168. The first-order valence-electron chi connectivity index (χ1n) is 8.36. The van der Waals surface area contributed by atoms with Crippen molar-refractivity contribution in [2.45, 2.75) is 24.9 Å². The Balaban J connectivity index is 1.56. The summed E-state index contributed by atoms with van der Waals surface area (Å²) in [5.74, 6) is -3.42. The van der Waals surface area contributed by atoms with E-state index in [-0.39, 0.29) is 5.91 Å². The summed E-state index contributed by atoms with van der Waals surface area (Å²) >= 11 is 0. The summed E-state index contributed by atoms with van der Waals surface area (Å²) in [6.45, 7) is 0.923. The van der Waals surface area contributed by atoms with Crippen molar-refractivity contribution in [3.05, 3.63) is 53.6 Å². The third-order valence-corrected chi connectivity index (χ3v) is 4.91. The minimum Gasteiger partial charge on any atom is -0.337 e. The molecule has 1 fully saturated rings. The number of rotatable bonds is 3. The van der Waals surface area contributed by atoms with Gasteiger partial charge in [-0.15, -0.1) is 0 Å². The number of alkyl halides is 2. The Labute approximate surface area is 144 Å². The van der Waals surface area contributed by atoms with E-state index in [9.17, 15) is 13.6 Å². The molecule has 1 saturated heterocycles. The zero-order valence-corrected chi connectivity index (χ0v) is 14.0. The van der Waals surface area contributed by atoms with Crippen LogP contribution in [-0.2, 0) is 24.9 Å². The first kappa shape index (κ1) is 16.2. The monoisotopic (exact) mass is 346 g/mol. The number of hydrogen-bond acceptors (Lipinski definition) is 3. The zero-order valence-electron chi connectivity index (χ0n) is 14.0.